The standard InChI is InChI=1S/C22H23FN4O/c1-4-27-13-15(18-6-5-9-24-22(18)27)10-16-12-26(3)25-21(16)19-8-7-17(23)11-20(19)14(2)28/h5-9,11-14,28H,4,10H2,1-3H3/t14-/m1/s1. The molecule has 0 bridgehead atoms. The average molecular weight is 378 g/mol. The molecule has 0 aliphatic heterocycles. The topological polar surface area (TPSA) is 55.9 Å². The molecule has 0 unspecified atom stereocenters. The highest BCUT2D eigenvalue weighted by Gasteiger charge is 2.19. The fourth-order valence-electron chi connectivity index (χ4n) is 3.77. The van der Waals surface area contributed by atoms with Gasteiger partial charge in [0.15, 0.2) is 0 Å². The fraction of sp³-hybridized carbons (Fsp3) is 0.273. The largest absolute Gasteiger partial charge is 0.389 e. The van der Waals surface area contributed by atoms with Crippen molar-refractivity contribution in [3.05, 3.63) is 71.4 Å². The zero-order valence-electron chi connectivity index (χ0n) is 16.2. The van der Waals surface area contributed by atoms with E-state index >= 15 is 0 Å². The lowest BCUT2D eigenvalue weighted by atomic mass is 9.96. The normalized spacial score (nSPS) is 12.6. The lowest BCUT2D eigenvalue weighted by molar-refractivity contribution is 0.199. The Morgan fingerprint density at radius 2 is 2.00 bits per heavy atom. The number of hydrogen-bond acceptors (Lipinski definition) is 3. The summed E-state index contributed by atoms with van der Waals surface area (Å²) in [6.45, 7) is 4.58. The van der Waals surface area contributed by atoms with Gasteiger partial charge in [-0.05, 0) is 55.3 Å². The molecule has 0 aliphatic carbocycles. The molecule has 144 valence electrons. The molecule has 1 aromatic carbocycles. The van der Waals surface area contributed by atoms with Crippen molar-refractivity contribution < 1.29 is 9.50 Å². The van der Waals surface area contributed by atoms with Crippen LogP contribution in [0.4, 0.5) is 4.39 Å². The van der Waals surface area contributed by atoms with Gasteiger partial charge in [-0.25, -0.2) is 9.37 Å². The van der Waals surface area contributed by atoms with Crippen molar-refractivity contribution >= 4 is 11.0 Å². The van der Waals surface area contributed by atoms with Crippen molar-refractivity contribution in [3.63, 3.8) is 0 Å². The molecule has 0 radical (unpaired) electrons. The minimum atomic E-state index is -0.785. The number of aryl methyl sites for hydroxylation is 2. The maximum absolute atomic E-state index is 13.7. The zero-order chi connectivity index (χ0) is 19.8. The Morgan fingerprint density at radius 1 is 1.18 bits per heavy atom. The molecule has 0 saturated carbocycles. The van der Waals surface area contributed by atoms with E-state index in [2.05, 4.69) is 33.8 Å². The zero-order valence-corrected chi connectivity index (χ0v) is 16.2. The second-order valence-electron chi connectivity index (χ2n) is 7.08. The summed E-state index contributed by atoms with van der Waals surface area (Å²) in [4.78, 5) is 4.51. The first-order valence-electron chi connectivity index (χ1n) is 9.41. The van der Waals surface area contributed by atoms with Crippen LogP contribution in [-0.4, -0.2) is 24.4 Å². The van der Waals surface area contributed by atoms with Crippen LogP contribution in [0.2, 0.25) is 0 Å². The van der Waals surface area contributed by atoms with E-state index in [1.165, 1.54) is 17.7 Å². The Labute approximate surface area is 163 Å². The first kappa shape index (κ1) is 18.4. The molecule has 0 saturated heterocycles. The summed E-state index contributed by atoms with van der Waals surface area (Å²) in [5.41, 5.74) is 5.22. The number of aliphatic hydroxyl groups excluding tert-OH is 1. The summed E-state index contributed by atoms with van der Waals surface area (Å²) in [6, 6.07) is 8.51. The summed E-state index contributed by atoms with van der Waals surface area (Å²) < 4.78 is 17.6. The van der Waals surface area contributed by atoms with Gasteiger partial charge < -0.3 is 9.67 Å². The lowest BCUT2D eigenvalue weighted by Gasteiger charge is -2.12. The SMILES string of the molecule is CCn1cc(Cc2cn(C)nc2-c2ccc(F)cc2[C@@H](C)O)c2cccnc21. The molecule has 5 nitrogen and oxygen atoms in total. The molecule has 0 spiro atoms. The summed E-state index contributed by atoms with van der Waals surface area (Å²) in [6.07, 6.45) is 5.81. The number of aliphatic hydroxyl groups is 1. The first-order chi connectivity index (χ1) is 13.5. The number of halogens is 1. The molecule has 1 atom stereocenters. The van der Waals surface area contributed by atoms with Gasteiger partial charge in [0.1, 0.15) is 11.5 Å². The molecule has 0 aliphatic rings. The molecule has 1 N–H and O–H groups in total. The molecule has 4 rings (SSSR count). The molecule has 3 aromatic heterocycles. The molecule has 4 aromatic rings. The number of aromatic nitrogens is 4. The van der Waals surface area contributed by atoms with Gasteiger partial charge in [-0.3, -0.25) is 4.68 Å². The van der Waals surface area contributed by atoms with Crippen molar-refractivity contribution in [1.29, 1.82) is 0 Å². The van der Waals surface area contributed by atoms with Gasteiger partial charge in [0.05, 0.1) is 11.8 Å². The number of hydrogen-bond donors (Lipinski definition) is 1. The van der Waals surface area contributed by atoms with E-state index in [0.29, 0.717) is 12.0 Å². The third-order valence-corrected chi connectivity index (χ3v) is 5.06. The van der Waals surface area contributed by atoms with Gasteiger partial charge >= 0.3 is 0 Å². The molecule has 6 heteroatoms. The molecule has 3 heterocycles. The van der Waals surface area contributed by atoms with Crippen molar-refractivity contribution in [2.45, 2.75) is 32.9 Å². The number of rotatable bonds is 5. The van der Waals surface area contributed by atoms with Gasteiger partial charge in [0.25, 0.3) is 0 Å². The quantitative estimate of drug-likeness (QED) is 0.565. The second-order valence-corrected chi connectivity index (χ2v) is 7.08. The smallest absolute Gasteiger partial charge is 0.140 e. The van der Waals surface area contributed by atoms with Crippen molar-refractivity contribution in [1.82, 2.24) is 19.3 Å². The van der Waals surface area contributed by atoms with Gasteiger partial charge in [0, 0.05) is 55.1 Å². The summed E-state index contributed by atoms with van der Waals surface area (Å²) >= 11 is 0. The predicted octanol–water partition coefficient (Wildman–Crippen LogP) is 4.24. The van der Waals surface area contributed by atoms with E-state index in [4.69, 9.17) is 0 Å². The van der Waals surface area contributed by atoms with Crippen molar-refractivity contribution in [2.24, 2.45) is 7.05 Å². The molecule has 28 heavy (non-hydrogen) atoms. The van der Waals surface area contributed by atoms with E-state index in [-0.39, 0.29) is 5.82 Å². The Balaban J connectivity index is 1.83. The van der Waals surface area contributed by atoms with Gasteiger partial charge in [-0.15, -0.1) is 0 Å². The van der Waals surface area contributed by atoms with E-state index in [1.807, 2.05) is 19.3 Å². The average Bonchev–Trinajstić information content (AvgIpc) is 3.22. The highest BCUT2D eigenvalue weighted by molar-refractivity contribution is 5.81. The van der Waals surface area contributed by atoms with Crippen LogP contribution < -0.4 is 0 Å². The molecule has 0 fully saturated rings. The Kier molecular flexibility index (Phi) is 4.73. The number of fused-ring (bicyclic) bond motifs is 1. The van der Waals surface area contributed by atoms with Crippen LogP contribution in [0.3, 0.4) is 0 Å². The summed E-state index contributed by atoms with van der Waals surface area (Å²) in [5.74, 6) is -0.366. The van der Waals surface area contributed by atoms with Gasteiger partial charge in [-0.2, -0.15) is 5.10 Å². The number of pyridine rings is 1. The van der Waals surface area contributed by atoms with Gasteiger partial charge in [-0.1, -0.05) is 0 Å². The summed E-state index contributed by atoms with van der Waals surface area (Å²) in [7, 11) is 1.87. The van der Waals surface area contributed by atoms with Crippen LogP contribution in [0, 0.1) is 5.82 Å². The minimum absolute atomic E-state index is 0.366. The van der Waals surface area contributed by atoms with Crippen LogP contribution in [0.5, 0.6) is 0 Å². The van der Waals surface area contributed by atoms with E-state index in [1.54, 1.807) is 23.9 Å². The van der Waals surface area contributed by atoms with Crippen LogP contribution in [0.15, 0.2) is 48.9 Å². The van der Waals surface area contributed by atoms with Crippen LogP contribution in [-0.2, 0) is 20.0 Å². The number of nitrogens with zero attached hydrogens (tertiary/aromatic N) is 4. The monoisotopic (exact) mass is 378 g/mol. The predicted molar refractivity (Wildman–Crippen MR) is 107 cm³/mol. The highest BCUT2D eigenvalue weighted by atomic mass is 19.1. The number of benzene rings is 1. The Morgan fingerprint density at radius 3 is 2.75 bits per heavy atom. The fourth-order valence-corrected chi connectivity index (χ4v) is 3.77. The van der Waals surface area contributed by atoms with E-state index in [9.17, 15) is 9.50 Å². The van der Waals surface area contributed by atoms with Crippen LogP contribution in [0.25, 0.3) is 22.3 Å². The second kappa shape index (κ2) is 7.20. The molecular formula is C22H23FN4O. The highest BCUT2D eigenvalue weighted by Crippen LogP contribution is 2.32. The Bertz CT molecular complexity index is 1140. The minimum Gasteiger partial charge on any atom is -0.389 e. The lowest BCUT2D eigenvalue weighted by Crippen LogP contribution is -1.99. The first-order valence-corrected chi connectivity index (χ1v) is 9.41. The Hall–Kier alpha value is -2.99. The third-order valence-electron chi connectivity index (χ3n) is 5.06. The third kappa shape index (κ3) is 3.20. The molecule has 0 amide bonds. The van der Waals surface area contributed by atoms with E-state index < -0.39 is 6.10 Å². The maximum Gasteiger partial charge on any atom is 0.140 e. The van der Waals surface area contributed by atoms with Crippen LogP contribution >= 0.6 is 0 Å². The summed E-state index contributed by atoms with van der Waals surface area (Å²) in [5, 5.41) is 15.9. The van der Waals surface area contributed by atoms with Crippen molar-refractivity contribution in [2.75, 3.05) is 0 Å². The van der Waals surface area contributed by atoms with Crippen molar-refractivity contribution in [3.8, 4) is 11.3 Å². The molecular weight excluding hydrogens is 355 g/mol. The maximum atomic E-state index is 13.7. The van der Waals surface area contributed by atoms with Gasteiger partial charge in [0.2, 0.25) is 0 Å². The van der Waals surface area contributed by atoms with E-state index in [0.717, 1.165) is 34.4 Å². The van der Waals surface area contributed by atoms with Crippen LogP contribution in [0.1, 0.15) is 36.6 Å².